The number of aromatic nitrogens is 4. The van der Waals surface area contributed by atoms with E-state index in [1.807, 2.05) is 11.8 Å². The number of carbonyl (C=O) groups excluding carboxylic acids is 1. The minimum absolute atomic E-state index is 0.0913. The Labute approximate surface area is 192 Å². The third kappa shape index (κ3) is 3.29. The van der Waals surface area contributed by atoms with E-state index in [-0.39, 0.29) is 17.8 Å². The van der Waals surface area contributed by atoms with Crippen molar-refractivity contribution in [3.05, 3.63) is 60.2 Å². The van der Waals surface area contributed by atoms with Crippen LogP contribution in [0.3, 0.4) is 0 Å². The van der Waals surface area contributed by atoms with Crippen molar-refractivity contribution in [3.63, 3.8) is 0 Å². The summed E-state index contributed by atoms with van der Waals surface area (Å²) in [7, 11) is 0. The Morgan fingerprint density at radius 3 is 2.61 bits per heavy atom. The van der Waals surface area contributed by atoms with Gasteiger partial charge in [0.1, 0.15) is 17.7 Å². The summed E-state index contributed by atoms with van der Waals surface area (Å²) in [6, 6.07) is 5.69. The summed E-state index contributed by atoms with van der Waals surface area (Å²) in [5, 5.41) is 7.55. The van der Waals surface area contributed by atoms with E-state index < -0.39 is 29.4 Å². The molecule has 2 N–H and O–H groups in total. The maximum atomic E-state index is 15.0. The number of pyridine rings is 1. The predicted molar refractivity (Wildman–Crippen MR) is 117 cm³/mol. The van der Waals surface area contributed by atoms with E-state index in [1.165, 1.54) is 22.0 Å². The molecule has 33 heavy (non-hydrogen) atoms. The maximum Gasteiger partial charge on any atom is 0.414 e. The summed E-state index contributed by atoms with van der Waals surface area (Å²) < 4.78 is 36.9. The molecule has 4 heterocycles. The van der Waals surface area contributed by atoms with Gasteiger partial charge in [0.25, 0.3) is 0 Å². The van der Waals surface area contributed by atoms with Crippen LogP contribution in [0.1, 0.15) is 5.69 Å². The molecular formula is C22H20F2N6O2S. The van der Waals surface area contributed by atoms with E-state index in [4.69, 9.17) is 10.5 Å². The van der Waals surface area contributed by atoms with Crippen molar-refractivity contribution in [2.24, 2.45) is 17.6 Å². The first-order chi connectivity index (χ1) is 15.9. The van der Waals surface area contributed by atoms with Crippen LogP contribution in [0, 0.1) is 23.5 Å². The SMILES string of the molecule is N[C@]1(c2ccc(-c3c(F)cc(N4C[C@H](Cn5ccnn5)OC4=O)cc3F)cn2)[C@@H]2CSC[C@@H]21. The monoisotopic (exact) mass is 470 g/mol. The lowest BCUT2D eigenvalue weighted by Gasteiger charge is -2.17. The number of fused-ring (bicyclic) bond motifs is 1. The fraction of sp³-hybridized carbons (Fsp3) is 0.364. The summed E-state index contributed by atoms with van der Waals surface area (Å²) in [6.07, 6.45) is 3.45. The van der Waals surface area contributed by atoms with Crippen LogP contribution in [0.5, 0.6) is 0 Å². The van der Waals surface area contributed by atoms with Gasteiger partial charge in [-0.15, -0.1) is 5.10 Å². The van der Waals surface area contributed by atoms with Crippen LogP contribution >= 0.6 is 11.8 Å². The van der Waals surface area contributed by atoms with E-state index in [2.05, 4.69) is 15.3 Å². The lowest BCUT2D eigenvalue weighted by Crippen LogP contribution is -2.28. The minimum atomic E-state index is -0.783. The normalized spacial score (nSPS) is 28.2. The fourth-order valence-corrected chi connectivity index (χ4v) is 6.59. The van der Waals surface area contributed by atoms with E-state index >= 15 is 8.78 Å². The molecule has 4 atom stereocenters. The molecule has 11 heteroatoms. The molecule has 2 aliphatic heterocycles. The number of ether oxygens (including phenoxy) is 1. The number of hydrogen-bond acceptors (Lipinski definition) is 7. The van der Waals surface area contributed by atoms with Crippen LogP contribution in [-0.4, -0.2) is 50.2 Å². The van der Waals surface area contributed by atoms with Crippen molar-refractivity contribution in [2.75, 3.05) is 23.0 Å². The average molecular weight is 471 g/mol. The maximum absolute atomic E-state index is 15.0. The molecule has 2 aromatic heterocycles. The largest absolute Gasteiger partial charge is 0.442 e. The second-order valence-corrected chi connectivity index (χ2v) is 9.72. The van der Waals surface area contributed by atoms with Gasteiger partial charge in [-0.25, -0.2) is 18.3 Å². The molecule has 3 fully saturated rings. The van der Waals surface area contributed by atoms with Crippen molar-refractivity contribution in [1.82, 2.24) is 20.0 Å². The number of thioether (sulfide) groups is 1. The van der Waals surface area contributed by atoms with Gasteiger partial charge in [-0.3, -0.25) is 9.88 Å². The summed E-state index contributed by atoms with van der Waals surface area (Å²) in [6.45, 7) is 0.443. The topological polar surface area (TPSA) is 99.2 Å². The predicted octanol–water partition coefficient (Wildman–Crippen LogP) is 2.79. The quantitative estimate of drug-likeness (QED) is 0.612. The zero-order chi connectivity index (χ0) is 22.7. The number of halogens is 2. The Bertz CT molecular complexity index is 1190. The highest BCUT2D eigenvalue weighted by atomic mass is 32.2. The number of amides is 1. The summed E-state index contributed by atoms with van der Waals surface area (Å²) >= 11 is 1.89. The highest BCUT2D eigenvalue weighted by Crippen LogP contribution is 2.62. The third-order valence-electron chi connectivity index (χ3n) is 6.77. The number of hydrogen-bond donors (Lipinski definition) is 1. The number of anilines is 1. The molecule has 3 aromatic rings. The van der Waals surface area contributed by atoms with Gasteiger partial charge in [-0.2, -0.15) is 11.8 Å². The number of nitrogens with two attached hydrogens (primary N) is 1. The van der Waals surface area contributed by atoms with E-state index in [0.29, 0.717) is 23.9 Å². The molecule has 3 aliphatic rings. The molecule has 1 aliphatic carbocycles. The molecule has 170 valence electrons. The van der Waals surface area contributed by atoms with Gasteiger partial charge in [0.2, 0.25) is 0 Å². The molecule has 1 saturated carbocycles. The van der Waals surface area contributed by atoms with E-state index in [0.717, 1.165) is 29.3 Å². The molecule has 8 nitrogen and oxygen atoms in total. The van der Waals surface area contributed by atoms with E-state index in [1.54, 1.807) is 18.3 Å². The smallest absolute Gasteiger partial charge is 0.414 e. The van der Waals surface area contributed by atoms with Crippen LogP contribution in [-0.2, 0) is 16.8 Å². The lowest BCUT2D eigenvalue weighted by atomic mass is 10.0. The first-order valence-corrected chi connectivity index (χ1v) is 11.8. The fourth-order valence-electron chi connectivity index (χ4n) is 4.93. The molecule has 0 unspecified atom stereocenters. The first-order valence-electron chi connectivity index (χ1n) is 10.6. The highest BCUT2D eigenvalue weighted by Gasteiger charge is 2.66. The summed E-state index contributed by atoms with van der Waals surface area (Å²) in [4.78, 5) is 18.0. The third-order valence-corrected chi connectivity index (χ3v) is 7.96. The van der Waals surface area contributed by atoms with Gasteiger partial charge in [0, 0.05) is 18.0 Å². The van der Waals surface area contributed by atoms with E-state index in [9.17, 15) is 4.79 Å². The van der Waals surface area contributed by atoms with Crippen LogP contribution in [0.4, 0.5) is 19.3 Å². The summed E-state index contributed by atoms with van der Waals surface area (Å²) in [5.74, 6) is 1.31. The molecular weight excluding hydrogens is 450 g/mol. The zero-order valence-corrected chi connectivity index (χ0v) is 18.2. The molecule has 1 amide bonds. The van der Waals surface area contributed by atoms with Crippen LogP contribution in [0.25, 0.3) is 11.1 Å². The van der Waals surface area contributed by atoms with Crippen molar-refractivity contribution in [3.8, 4) is 11.1 Å². The highest BCUT2D eigenvalue weighted by molar-refractivity contribution is 7.99. The lowest BCUT2D eigenvalue weighted by molar-refractivity contribution is 0.129. The van der Waals surface area contributed by atoms with Crippen molar-refractivity contribution in [1.29, 1.82) is 0 Å². The molecule has 0 spiro atoms. The molecule has 2 saturated heterocycles. The molecule has 1 aromatic carbocycles. The van der Waals surface area contributed by atoms with Crippen LogP contribution < -0.4 is 10.6 Å². The Morgan fingerprint density at radius 1 is 1.21 bits per heavy atom. The number of nitrogens with zero attached hydrogens (tertiary/aromatic N) is 5. The Balaban J connectivity index is 1.22. The first kappa shape index (κ1) is 20.5. The van der Waals surface area contributed by atoms with Gasteiger partial charge in [-0.05, 0) is 41.5 Å². The second kappa shape index (κ2) is 7.49. The van der Waals surface area contributed by atoms with Gasteiger partial charge in [0.05, 0.1) is 41.8 Å². The van der Waals surface area contributed by atoms with Crippen LogP contribution in [0.2, 0.25) is 0 Å². The standard InChI is InChI=1S/C22H20F2N6O2S/c23-17-5-13(30-9-14(32-21(30)31)8-29-4-3-27-28-29)6-18(24)20(17)12-1-2-19(26-7-12)22(25)15-10-33-11-16(15)22/h1-7,14-16H,8-11,25H2/t14-,15-,16+,22-/m0/s1. The van der Waals surface area contributed by atoms with Gasteiger partial charge < -0.3 is 10.5 Å². The van der Waals surface area contributed by atoms with Crippen LogP contribution in [0.15, 0.2) is 42.9 Å². The number of benzene rings is 1. The number of carbonyl (C=O) groups is 1. The molecule has 0 radical (unpaired) electrons. The zero-order valence-electron chi connectivity index (χ0n) is 17.4. The summed E-state index contributed by atoms with van der Waals surface area (Å²) in [5.41, 5.74) is 7.09. The van der Waals surface area contributed by atoms with Gasteiger partial charge >= 0.3 is 6.09 Å². The second-order valence-electron chi connectivity index (χ2n) is 8.64. The molecule has 0 bridgehead atoms. The van der Waals surface area contributed by atoms with Gasteiger partial charge in [-0.1, -0.05) is 11.3 Å². The minimum Gasteiger partial charge on any atom is -0.442 e. The molecule has 6 rings (SSSR count). The number of rotatable bonds is 5. The van der Waals surface area contributed by atoms with Crippen molar-refractivity contribution in [2.45, 2.75) is 18.2 Å². The van der Waals surface area contributed by atoms with Gasteiger partial charge in [0.15, 0.2) is 0 Å². The number of cyclic esters (lactones) is 1. The Kier molecular flexibility index (Phi) is 4.66. The Morgan fingerprint density at radius 2 is 1.97 bits per heavy atom. The Hall–Kier alpha value is -3.05. The van der Waals surface area contributed by atoms with Crippen molar-refractivity contribution >= 4 is 23.5 Å². The van der Waals surface area contributed by atoms with Crippen molar-refractivity contribution < 1.29 is 18.3 Å². The average Bonchev–Trinajstić information content (AvgIpc) is 3.35.